The minimum atomic E-state index is -4.32. The maximum Gasteiger partial charge on any atom is 0.286 e. The molecule has 0 amide bonds. The molecule has 182 valence electrons. The number of aliphatic hydroxyl groups is 1. The van der Waals surface area contributed by atoms with E-state index >= 15 is 0 Å². The molecule has 1 unspecified atom stereocenters. The van der Waals surface area contributed by atoms with Gasteiger partial charge in [0.25, 0.3) is 10.0 Å². The average Bonchev–Trinajstić information content (AvgIpc) is 3.21. The van der Waals surface area contributed by atoms with E-state index in [1.807, 2.05) is 13.8 Å². The van der Waals surface area contributed by atoms with E-state index < -0.39 is 37.1 Å². The fourth-order valence-corrected chi connectivity index (χ4v) is 5.75. The summed E-state index contributed by atoms with van der Waals surface area (Å²) in [5.74, 6) is -0.907. The number of carbonyl (C=O) groups is 1. The van der Waals surface area contributed by atoms with Crippen molar-refractivity contribution >= 4 is 48.8 Å². The third kappa shape index (κ3) is 4.09. The molecule has 4 rings (SSSR count). The van der Waals surface area contributed by atoms with Crippen molar-refractivity contribution in [2.45, 2.75) is 44.0 Å². The van der Waals surface area contributed by atoms with Gasteiger partial charge in [0, 0.05) is 5.69 Å². The quantitative estimate of drug-likeness (QED) is 0.537. The monoisotopic (exact) mass is 507 g/mol. The Morgan fingerprint density at radius 1 is 1.29 bits per heavy atom. The molecular weight excluding hydrogens is 482 g/mol. The number of hydrogen-bond donors (Lipinski definition) is 3. The number of benzene rings is 1. The minimum Gasteiger partial charge on any atom is -0.505 e. The highest BCUT2D eigenvalue weighted by Gasteiger charge is 2.46. The van der Waals surface area contributed by atoms with Crippen LogP contribution in [-0.2, 0) is 30.4 Å². The molecule has 0 saturated carbocycles. The van der Waals surface area contributed by atoms with Crippen molar-refractivity contribution in [3.63, 3.8) is 0 Å². The lowest BCUT2D eigenvalue weighted by atomic mass is 9.80. The van der Waals surface area contributed by atoms with E-state index in [4.69, 9.17) is 0 Å². The molecule has 3 heterocycles. The van der Waals surface area contributed by atoms with Gasteiger partial charge in [0.2, 0.25) is 10.0 Å². The Morgan fingerprint density at radius 2 is 2.00 bits per heavy atom. The summed E-state index contributed by atoms with van der Waals surface area (Å²) in [6.45, 7) is 5.79. The molecule has 1 aromatic heterocycles. The molecule has 0 fully saturated rings. The Morgan fingerprint density at radius 3 is 2.65 bits per heavy atom. The molecular formula is C21H25N5O6S2. The van der Waals surface area contributed by atoms with Gasteiger partial charge in [-0.25, -0.2) is 13.4 Å². The number of ketones is 1. The number of sulfonamides is 2. The Bertz CT molecular complexity index is 1470. The SMILES string of the molecule is CC(C)CCC1(C)C(=O)C(C2=NS(=O)(=O)c3cc(NS(C)(=O)=O)ccc3N2)=C(O)c2cncn21. The molecule has 13 heteroatoms. The number of aliphatic hydroxyl groups excluding tert-OH is 1. The minimum absolute atomic E-state index is 0.0474. The van der Waals surface area contributed by atoms with E-state index in [9.17, 15) is 26.7 Å². The molecule has 0 radical (unpaired) electrons. The largest absolute Gasteiger partial charge is 0.505 e. The number of nitrogens with zero attached hydrogens (tertiary/aromatic N) is 3. The maximum atomic E-state index is 13.7. The van der Waals surface area contributed by atoms with E-state index in [-0.39, 0.29) is 33.4 Å². The van der Waals surface area contributed by atoms with Crippen LogP contribution in [0.3, 0.4) is 0 Å². The van der Waals surface area contributed by atoms with Gasteiger partial charge in [0.1, 0.15) is 21.7 Å². The first-order valence-electron chi connectivity index (χ1n) is 10.5. The van der Waals surface area contributed by atoms with Gasteiger partial charge in [-0.2, -0.15) is 8.42 Å². The molecule has 34 heavy (non-hydrogen) atoms. The molecule has 0 saturated heterocycles. The van der Waals surface area contributed by atoms with Gasteiger partial charge in [0.15, 0.2) is 17.4 Å². The second-order valence-corrected chi connectivity index (χ2v) is 12.4. The number of anilines is 2. The molecule has 2 aromatic rings. The normalized spacial score (nSPS) is 21.6. The number of carbonyl (C=O) groups excluding carboxylic acids is 1. The Hall–Kier alpha value is -3.19. The van der Waals surface area contributed by atoms with Gasteiger partial charge in [-0.1, -0.05) is 13.8 Å². The molecule has 11 nitrogen and oxygen atoms in total. The molecule has 2 aliphatic rings. The van der Waals surface area contributed by atoms with Gasteiger partial charge in [-0.05, 0) is 43.9 Å². The standard InChI is InChI=1S/C21H25N5O6S2/c1-12(2)7-8-21(3)19(28)17(18(27)15-10-22-11-26(15)21)20-23-14-6-5-13(24-33(4,29)30)9-16(14)34(31,32)25-20/h5-6,9-12,24,27H,7-8H2,1-4H3,(H,23,25). The fourth-order valence-electron chi connectivity index (χ4n) is 4.05. The van der Waals surface area contributed by atoms with Crippen molar-refractivity contribution in [2.24, 2.45) is 10.3 Å². The highest BCUT2D eigenvalue weighted by molar-refractivity contribution is 7.92. The molecule has 2 aliphatic heterocycles. The maximum absolute atomic E-state index is 13.7. The molecule has 0 aliphatic carbocycles. The first-order valence-corrected chi connectivity index (χ1v) is 13.8. The van der Waals surface area contributed by atoms with E-state index in [2.05, 4.69) is 19.4 Å². The van der Waals surface area contributed by atoms with Crippen molar-refractivity contribution in [1.29, 1.82) is 0 Å². The number of imidazole rings is 1. The van der Waals surface area contributed by atoms with Crippen LogP contribution in [0.2, 0.25) is 0 Å². The number of aromatic nitrogens is 2. The topological polar surface area (TPSA) is 160 Å². The zero-order valence-electron chi connectivity index (χ0n) is 19.0. The number of amidine groups is 1. The van der Waals surface area contributed by atoms with Crippen LogP contribution < -0.4 is 10.0 Å². The average molecular weight is 508 g/mol. The number of hydrogen-bond acceptors (Lipinski definition) is 8. The van der Waals surface area contributed by atoms with Crippen LogP contribution >= 0.6 is 0 Å². The summed E-state index contributed by atoms with van der Waals surface area (Å²) >= 11 is 0. The number of fused-ring (bicyclic) bond motifs is 2. The first kappa shape index (κ1) is 24.0. The third-order valence-electron chi connectivity index (χ3n) is 5.84. The highest BCUT2D eigenvalue weighted by Crippen LogP contribution is 2.40. The van der Waals surface area contributed by atoms with Gasteiger partial charge < -0.3 is 15.0 Å². The number of Topliss-reactive ketones (excluding diaryl/α,β-unsaturated/α-hetero) is 1. The van der Waals surface area contributed by atoms with Crippen molar-refractivity contribution < 1.29 is 26.7 Å². The summed E-state index contributed by atoms with van der Waals surface area (Å²) in [5, 5.41) is 13.8. The Balaban J connectivity index is 1.81. The molecule has 3 N–H and O–H groups in total. The van der Waals surface area contributed by atoms with Crippen LogP contribution in [0.1, 0.15) is 39.3 Å². The summed E-state index contributed by atoms with van der Waals surface area (Å²) in [6, 6.07) is 3.88. The molecule has 1 atom stereocenters. The lowest BCUT2D eigenvalue weighted by Crippen LogP contribution is -2.46. The summed E-state index contributed by atoms with van der Waals surface area (Å²) in [5.41, 5.74) is -0.922. The van der Waals surface area contributed by atoms with Gasteiger partial charge in [0.05, 0.1) is 24.5 Å². The van der Waals surface area contributed by atoms with Crippen LogP contribution in [0.4, 0.5) is 11.4 Å². The number of rotatable bonds is 6. The smallest absolute Gasteiger partial charge is 0.286 e. The van der Waals surface area contributed by atoms with Crippen molar-refractivity contribution in [2.75, 3.05) is 16.3 Å². The third-order valence-corrected chi connectivity index (χ3v) is 7.76. The fraction of sp³-hybridized carbons (Fsp3) is 0.381. The summed E-state index contributed by atoms with van der Waals surface area (Å²) in [4.78, 5) is 17.5. The van der Waals surface area contributed by atoms with E-state index in [0.717, 1.165) is 12.3 Å². The van der Waals surface area contributed by atoms with Crippen LogP contribution in [0.5, 0.6) is 0 Å². The van der Waals surface area contributed by atoms with E-state index in [1.54, 1.807) is 11.5 Å². The Kier molecular flexibility index (Phi) is 5.60. The molecule has 0 bridgehead atoms. The van der Waals surface area contributed by atoms with Crippen LogP contribution in [0.25, 0.3) is 5.76 Å². The van der Waals surface area contributed by atoms with E-state index in [1.165, 1.54) is 24.7 Å². The first-order chi connectivity index (χ1) is 15.7. The summed E-state index contributed by atoms with van der Waals surface area (Å²) in [6.07, 6.45) is 4.98. The summed E-state index contributed by atoms with van der Waals surface area (Å²) in [7, 11) is -7.95. The number of nitrogens with one attached hydrogen (secondary N) is 2. The van der Waals surface area contributed by atoms with Crippen molar-refractivity contribution in [3.05, 3.63) is 42.0 Å². The highest BCUT2D eigenvalue weighted by atomic mass is 32.2. The second-order valence-electron chi connectivity index (χ2n) is 9.03. The van der Waals surface area contributed by atoms with E-state index in [0.29, 0.717) is 18.8 Å². The van der Waals surface area contributed by atoms with Crippen molar-refractivity contribution in [3.8, 4) is 0 Å². The van der Waals surface area contributed by atoms with Crippen LogP contribution in [0, 0.1) is 5.92 Å². The van der Waals surface area contributed by atoms with Gasteiger partial charge >= 0.3 is 0 Å². The Labute approximate surface area is 197 Å². The summed E-state index contributed by atoms with van der Waals surface area (Å²) < 4.78 is 56.6. The van der Waals surface area contributed by atoms with Crippen LogP contribution in [0.15, 0.2) is 45.6 Å². The predicted octanol–water partition coefficient (Wildman–Crippen LogP) is 2.47. The lowest BCUT2D eigenvalue weighted by molar-refractivity contribution is -0.123. The molecule has 1 aromatic carbocycles. The zero-order chi connectivity index (χ0) is 25.1. The van der Waals surface area contributed by atoms with Gasteiger partial charge in [-0.15, -0.1) is 4.40 Å². The van der Waals surface area contributed by atoms with Crippen LogP contribution in [-0.4, -0.2) is 49.4 Å². The zero-order valence-corrected chi connectivity index (χ0v) is 20.7. The lowest BCUT2D eigenvalue weighted by Gasteiger charge is -2.36. The van der Waals surface area contributed by atoms with Crippen molar-refractivity contribution in [1.82, 2.24) is 9.55 Å². The second kappa shape index (κ2) is 7.94. The van der Waals surface area contributed by atoms with Gasteiger partial charge in [-0.3, -0.25) is 9.52 Å². The predicted molar refractivity (Wildman–Crippen MR) is 128 cm³/mol. The molecule has 0 spiro atoms.